The van der Waals surface area contributed by atoms with Crippen LogP contribution in [0.25, 0.3) is 17.0 Å². The van der Waals surface area contributed by atoms with Gasteiger partial charge in [0, 0.05) is 17.4 Å². The van der Waals surface area contributed by atoms with Gasteiger partial charge in [-0.3, -0.25) is 0 Å². The second-order valence-corrected chi connectivity index (χ2v) is 3.60. The second-order valence-electron chi connectivity index (χ2n) is 3.60. The number of fused-ring (bicyclic) bond motifs is 3. The van der Waals surface area contributed by atoms with E-state index in [0.717, 1.165) is 35.3 Å². The molecule has 1 aromatic heterocycles. The minimum atomic E-state index is 0.727. The zero-order valence-corrected chi connectivity index (χ0v) is 7.79. The van der Waals surface area contributed by atoms with Crippen LogP contribution >= 0.6 is 0 Å². The molecule has 1 aliphatic rings. The van der Waals surface area contributed by atoms with Crippen LogP contribution in [0.4, 0.5) is 5.69 Å². The normalized spacial score (nSPS) is 14.6. The Morgan fingerprint density at radius 3 is 3.14 bits per heavy atom. The van der Waals surface area contributed by atoms with Crippen molar-refractivity contribution in [3.05, 3.63) is 35.6 Å². The Morgan fingerprint density at radius 1 is 1.29 bits per heavy atom. The van der Waals surface area contributed by atoms with Crippen molar-refractivity contribution in [2.24, 2.45) is 0 Å². The predicted octanol–water partition coefficient (Wildman–Crippen LogP) is 2.97. The highest BCUT2D eigenvalue weighted by Gasteiger charge is 2.14. The number of anilines is 1. The van der Waals surface area contributed by atoms with Crippen LogP contribution in [0, 0.1) is 0 Å². The van der Waals surface area contributed by atoms with Gasteiger partial charge in [-0.05, 0) is 12.5 Å². The third-order valence-corrected chi connectivity index (χ3v) is 2.68. The number of aryl methyl sites for hydroxylation is 1. The Bertz CT molecular complexity index is 522. The van der Waals surface area contributed by atoms with Crippen molar-refractivity contribution >= 4 is 22.7 Å². The second kappa shape index (κ2) is 2.64. The highest BCUT2D eigenvalue weighted by molar-refractivity contribution is 5.95. The lowest BCUT2D eigenvalue weighted by atomic mass is 10.0. The first-order chi connectivity index (χ1) is 6.86. The first-order valence-corrected chi connectivity index (χ1v) is 4.82. The van der Waals surface area contributed by atoms with Crippen molar-refractivity contribution in [1.29, 1.82) is 0 Å². The highest BCUT2D eigenvalue weighted by Crippen LogP contribution is 2.33. The van der Waals surface area contributed by atoms with E-state index in [4.69, 9.17) is 10.2 Å². The lowest BCUT2D eigenvalue weighted by Crippen LogP contribution is -1.87. The first kappa shape index (κ1) is 7.68. The standard InChI is InChI=1S/C12H11NO/c13-10-6-3-5-9-8-4-1-2-7-11(8)14-12(9)10/h1,3-6H,2,7,13H2. The maximum atomic E-state index is 5.85. The molecule has 0 spiro atoms. The maximum Gasteiger partial charge on any atom is 0.157 e. The summed E-state index contributed by atoms with van der Waals surface area (Å²) in [5.74, 6) is 1.07. The molecular weight excluding hydrogens is 174 g/mol. The lowest BCUT2D eigenvalue weighted by Gasteiger charge is -2.00. The molecule has 14 heavy (non-hydrogen) atoms. The summed E-state index contributed by atoms with van der Waals surface area (Å²) >= 11 is 0. The van der Waals surface area contributed by atoms with Gasteiger partial charge in [0.05, 0.1) is 5.69 Å². The molecule has 0 saturated heterocycles. The molecule has 0 bridgehead atoms. The fourth-order valence-corrected chi connectivity index (χ4v) is 1.99. The van der Waals surface area contributed by atoms with Gasteiger partial charge in [0.2, 0.25) is 0 Å². The summed E-state index contributed by atoms with van der Waals surface area (Å²) in [5.41, 5.74) is 8.62. The number of furan rings is 1. The minimum Gasteiger partial charge on any atom is -0.458 e. The lowest BCUT2D eigenvalue weighted by molar-refractivity contribution is 0.547. The van der Waals surface area contributed by atoms with Gasteiger partial charge in [0.1, 0.15) is 5.76 Å². The number of allylic oxidation sites excluding steroid dienone is 1. The zero-order valence-electron chi connectivity index (χ0n) is 7.79. The molecule has 0 amide bonds. The summed E-state index contributed by atoms with van der Waals surface area (Å²) in [6.45, 7) is 0. The third kappa shape index (κ3) is 0.909. The molecule has 1 heterocycles. The van der Waals surface area contributed by atoms with Crippen molar-refractivity contribution in [2.75, 3.05) is 5.73 Å². The Hall–Kier alpha value is -1.70. The van der Waals surface area contributed by atoms with Crippen LogP contribution in [0.1, 0.15) is 17.7 Å². The molecule has 0 unspecified atom stereocenters. The fourth-order valence-electron chi connectivity index (χ4n) is 1.99. The van der Waals surface area contributed by atoms with Gasteiger partial charge >= 0.3 is 0 Å². The van der Waals surface area contributed by atoms with E-state index in [1.165, 1.54) is 5.56 Å². The quantitative estimate of drug-likeness (QED) is 0.641. The van der Waals surface area contributed by atoms with Gasteiger partial charge in [0.15, 0.2) is 5.58 Å². The average molecular weight is 185 g/mol. The number of para-hydroxylation sites is 1. The molecular formula is C12H11NO. The molecule has 0 fully saturated rings. The van der Waals surface area contributed by atoms with Crippen molar-refractivity contribution in [1.82, 2.24) is 0 Å². The summed E-state index contributed by atoms with van der Waals surface area (Å²) in [5, 5.41) is 1.14. The first-order valence-electron chi connectivity index (χ1n) is 4.82. The Balaban J connectivity index is 2.43. The van der Waals surface area contributed by atoms with Gasteiger partial charge in [0.25, 0.3) is 0 Å². The molecule has 3 rings (SSSR count). The van der Waals surface area contributed by atoms with E-state index < -0.39 is 0 Å². The van der Waals surface area contributed by atoms with Crippen LogP contribution in [0.15, 0.2) is 28.7 Å². The van der Waals surface area contributed by atoms with Crippen LogP contribution in [-0.2, 0) is 6.42 Å². The Labute approximate surface area is 82.0 Å². The summed E-state index contributed by atoms with van der Waals surface area (Å²) in [6.07, 6.45) is 6.36. The van der Waals surface area contributed by atoms with E-state index in [2.05, 4.69) is 18.2 Å². The van der Waals surface area contributed by atoms with Gasteiger partial charge < -0.3 is 10.2 Å². The van der Waals surface area contributed by atoms with E-state index in [9.17, 15) is 0 Å². The summed E-state index contributed by atoms with van der Waals surface area (Å²) < 4.78 is 5.74. The van der Waals surface area contributed by atoms with Gasteiger partial charge in [-0.15, -0.1) is 0 Å². The van der Waals surface area contributed by atoms with Crippen molar-refractivity contribution in [3.63, 3.8) is 0 Å². The largest absolute Gasteiger partial charge is 0.458 e. The SMILES string of the molecule is Nc1cccc2c3c(oc12)CCC=C3. The zero-order chi connectivity index (χ0) is 9.54. The van der Waals surface area contributed by atoms with E-state index >= 15 is 0 Å². The van der Waals surface area contributed by atoms with E-state index in [0.29, 0.717) is 0 Å². The minimum absolute atomic E-state index is 0.727. The van der Waals surface area contributed by atoms with Crippen molar-refractivity contribution in [2.45, 2.75) is 12.8 Å². The number of rotatable bonds is 0. The Kier molecular flexibility index (Phi) is 1.45. The smallest absolute Gasteiger partial charge is 0.157 e. The van der Waals surface area contributed by atoms with Gasteiger partial charge in [-0.1, -0.05) is 24.3 Å². The maximum absolute atomic E-state index is 5.85. The fraction of sp³-hybridized carbons (Fsp3) is 0.167. The highest BCUT2D eigenvalue weighted by atomic mass is 16.3. The molecule has 0 radical (unpaired) electrons. The number of nitrogen functional groups attached to an aromatic ring is 1. The van der Waals surface area contributed by atoms with E-state index in [1.54, 1.807) is 0 Å². The van der Waals surface area contributed by atoms with Crippen molar-refractivity contribution in [3.8, 4) is 0 Å². The average Bonchev–Trinajstić information content (AvgIpc) is 2.59. The summed E-state index contributed by atoms with van der Waals surface area (Å²) in [4.78, 5) is 0. The molecule has 70 valence electrons. The monoisotopic (exact) mass is 185 g/mol. The molecule has 2 heteroatoms. The van der Waals surface area contributed by atoms with E-state index in [1.807, 2.05) is 12.1 Å². The van der Waals surface area contributed by atoms with Gasteiger partial charge in [-0.2, -0.15) is 0 Å². The van der Waals surface area contributed by atoms with Crippen LogP contribution in [0.3, 0.4) is 0 Å². The molecule has 0 atom stereocenters. The summed E-state index contributed by atoms with van der Waals surface area (Å²) in [7, 11) is 0. The van der Waals surface area contributed by atoms with Crippen molar-refractivity contribution < 1.29 is 4.42 Å². The molecule has 0 saturated carbocycles. The van der Waals surface area contributed by atoms with Crippen LogP contribution in [0.5, 0.6) is 0 Å². The predicted molar refractivity (Wildman–Crippen MR) is 58.0 cm³/mol. The molecule has 0 aliphatic heterocycles. The molecule has 2 aromatic rings. The van der Waals surface area contributed by atoms with Crippen LogP contribution in [-0.4, -0.2) is 0 Å². The molecule has 1 aromatic carbocycles. The summed E-state index contributed by atoms with van der Waals surface area (Å²) in [6, 6.07) is 5.90. The van der Waals surface area contributed by atoms with Crippen LogP contribution < -0.4 is 5.73 Å². The molecule has 2 N–H and O–H groups in total. The third-order valence-electron chi connectivity index (χ3n) is 2.68. The number of hydrogen-bond acceptors (Lipinski definition) is 2. The molecule has 2 nitrogen and oxygen atoms in total. The number of nitrogens with two attached hydrogens (primary N) is 1. The topological polar surface area (TPSA) is 39.2 Å². The number of hydrogen-bond donors (Lipinski definition) is 1. The number of benzene rings is 1. The van der Waals surface area contributed by atoms with Gasteiger partial charge in [-0.25, -0.2) is 0 Å². The van der Waals surface area contributed by atoms with E-state index in [-0.39, 0.29) is 0 Å². The Morgan fingerprint density at radius 2 is 2.21 bits per heavy atom. The molecule has 1 aliphatic carbocycles. The van der Waals surface area contributed by atoms with Crippen LogP contribution in [0.2, 0.25) is 0 Å².